The Hall–Kier alpha value is 1.11. The van der Waals surface area contributed by atoms with E-state index in [-0.39, 0.29) is 43.4 Å². The van der Waals surface area contributed by atoms with Crippen LogP contribution in [0.4, 0.5) is 0 Å². The summed E-state index contributed by atoms with van der Waals surface area (Å²) < 4.78 is 0. The third-order valence-corrected chi connectivity index (χ3v) is 0. The van der Waals surface area contributed by atoms with Gasteiger partial charge >= 0.3 is 43.4 Å². The Bertz CT molecular complexity index is 75.2. The van der Waals surface area contributed by atoms with Crippen molar-refractivity contribution in [3.63, 3.8) is 0 Å². The summed E-state index contributed by atoms with van der Waals surface area (Å²) >= 11 is 0. The van der Waals surface area contributed by atoms with Gasteiger partial charge in [0.25, 0.3) is 0 Å². The topological polar surface area (TPSA) is 184 Å². The molecule has 0 spiro atoms. The first-order valence-electron chi connectivity index (χ1n) is 7.19. The molecule has 0 saturated carbocycles. The molecule has 0 amide bonds. The molecule has 0 aliphatic heterocycles. The van der Waals surface area contributed by atoms with Gasteiger partial charge in [-0.3, -0.25) is 0 Å². The van der Waals surface area contributed by atoms with Crippen LogP contribution in [0.5, 0.6) is 0 Å². The van der Waals surface area contributed by atoms with Gasteiger partial charge in [-0.15, -0.1) is 24.4 Å². The van der Waals surface area contributed by atoms with Crippen molar-refractivity contribution >= 4 is 0 Å². The number of hydrogen-bond acceptors (Lipinski definition) is 8. The summed E-state index contributed by atoms with van der Waals surface area (Å²) in [6.45, 7) is 12.9. The SMILES string of the molecule is CC(C)[O-].CC(C)[O-].CC(C)[O-].CC(C)[O-].C[O-].C[O-].C[O-].C[O-].[Ti+4].[Ti+4]. The van der Waals surface area contributed by atoms with Crippen LogP contribution in [0.1, 0.15) is 55.4 Å². The Balaban J connectivity index is -0.0000000142. The zero-order valence-electron chi connectivity index (χ0n) is 18.6. The van der Waals surface area contributed by atoms with E-state index >= 15 is 0 Å². The second-order valence-electron chi connectivity index (χ2n) is 4.20. The maximum Gasteiger partial charge on any atom is 4.00 e. The number of hydrogen-bond donors (Lipinski definition) is 0. The van der Waals surface area contributed by atoms with Gasteiger partial charge in [0, 0.05) is 0 Å². The minimum atomic E-state index is -0.417. The first-order chi connectivity index (χ1) is 10.9. The van der Waals surface area contributed by atoms with Crippen molar-refractivity contribution < 1.29 is 84.3 Å². The zero-order valence-corrected chi connectivity index (χ0v) is 21.7. The molecule has 0 atom stereocenters. The fourth-order valence-corrected chi connectivity index (χ4v) is 0. The van der Waals surface area contributed by atoms with Gasteiger partial charge in [-0.2, -0.15) is 28.4 Å². The monoisotopic (exact) mass is 456 g/mol. The maximum atomic E-state index is 9.53. The first-order valence-corrected chi connectivity index (χ1v) is 7.19. The van der Waals surface area contributed by atoms with Crippen LogP contribution < -0.4 is 40.9 Å². The molecule has 0 aromatic heterocycles. The Morgan fingerprint density at radius 2 is 0.308 bits per heavy atom. The minimum Gasteiger partial charge on any atom is -0.857 e. The van der Waals surface area contributed by atoms with Crippen LogP contribution in [-0.4, -0.2) is 52.9 Å². The largest absolute Gasteiger partial charge is 4.00 e. The van der Waals surface area contributed by atoms with Gasteiger partial charge in [0.2, 0.25) is 0 Å². The minimum absolute atomic E-state index is 0. The van der Waals surface area contributed by atoms with E-state index in [4.69, 9.17) is 20.4 Å². The van der Waals surface area contributed by atoms with E-state index in [0.29, 0.717) is 0 Å². The molecule has 0 fully saturated rings. The van der Waals surface area contributed by atoms with Crippen molar-refractivity contribution in [2.24, 2.45) is 0 Å². The standard InChI is InChI=1S/4C3H7O.4CH3O.2Ti/c4*1-3(2)4;4*1-2;;/h4*3H,1-2H3;4*1H3;;/q8*-1;2*+4. The predicted octanol–water partition coefficient (Wildman–Crippen LogP) is -5.08. The zero-order chi connectivity index (χ0) is 22.3. The fourth-order valence-electron chi connectivity index (χ4n) is 0. The maximum absolute atomic E-state index is 9.53. The van der Waals surface area contributed by atoms with Crippen LogP contribution in [0, 0.1) is 0 Å². The van der Waals surface area contributed by atoms with Gasteiger partial charge in [0.15, 0.2) is 0 Å². The summed E-state index contributed by atoms with van der Waals surface area (Å²) in [5.41, 5.74) is 0. The van der Waals surface area contributed by atoms with Crippen molar-refractivity contribution in [2.75, 3.05) is 28.4 Å². The van der Waals surface area contributed by atoms with E-state index in [0.717, 1.165) is 28.4 Å². The Morgan fingerprint density at radius 3 is 0.308 bits per heavy atom. The molecule has 0 saturated heterocycles. The molecule has 0 aliphatic carbocycles. The Labute approximate surface area is 192 Å². The average molecular weight is 456 g/mol. The summed E-state index contributed by atoms with van der Waals surface area (Å²) in [6.07, 6.45) is -1.67. The van der Waals surface area contributed by atoms with Gasteiger partial charge < -0.3 is 40.9 Å². The molecule has 10 heteroatoms. The van der Waals surface area contributed by atoms with Crippen LogP contribution >= 0.6 is 0 Å². The molecule has 0 aromatic rings. The molecule has 0 rings (SSSR count). The summed E-state index contributed by atoms with van der Waals surface area (Å²) in [5.74, 6) is 0. The van der Waals surface area contributed by atoms with Crippen molar-refractivity contribution in [2.45, 2.75) is 79.8 Å². The molecule has 0 aromatic carbocycles. The molecule has 26 heavy (non-hydrogen) atoms. The van der Waals surface area contributed by atoms with E-state index < -0.39 is 24.4 Å². The van der Waals surface area contributed by atoms with Crippen LogP contribution in [0.2, 0.25) is 0 Å². The third-order valence-electron chi connectivity index (χ3n) is 0. The first kappa shape index (κ1) is 63.1. The molecular formula is C16H40O8Ti2. The second-order valence-corrected chi connectivity index (χ2v) is 4.20. The van der Waals surface area contributed by atoms with E-state index in [1.54, 1.807) is 55.4 Å². The molecule has 0 N–H and O–H groups in total. The number of rotatable bonds is 0. The van der Waals surface area contributed by atoms with Crippen molar-refractivity contribution in [3.05, 3.63) is 0 Å². The van der Waals surface area contributed by atoms with E-state index in [1.807, 2.05) is 0 Å². The normalized spacial score (nSPS) is 6.46. The Kier molecular flexibility index (Phi) is 233. The summed E-state index contributed by atoms with van der Waals surface area (Å²) in [5, 5.41) is 71.1. The molecule has 0 bridgehead atoms. The van der Waals surface area contributed by atoms with Gasteiger partial charge in [0.1, 0.15) is 0 Å². The van der Waals surface area contributed by atoms with E-state index in [9.17, 15) is 20.4 Å². The molecule has 0 unspecified atom stereocenters. The van der Waals surface area contributed by atoms with E-state index in [1.165, 1.54) is 0 Å². The van der Waals surface area contributed by atoms with E-state index in [2.05, 4.69) is 0 Å². The Morgan fingerprint density at radius 1 is 0.308 bits per heavy atom. The molecule has 0 radical (unpaired) electrons. The molecule has 0 heterocycles. The average Bonchev–Trinajstić information content (AvgIpc) is 2.44. The second kappa shape index (κ2) is 95.8. The van der Waals surface area contributed by atoms with Crippen LogP contribution in [0.3, 0.4) is 0 Å². The van der Waals surface area contributed by atoms with Crippen LogP contribution in [-0.2, 0) is 43.4 Å². The van der Waals surface area contributed by atoms with Gasteiger partial charge in [-0.25, -0.2) is 0 Å². The van der Waals surface area contributed by atoms with Gasteiger partial charge in [-0.1, -0.05) is 55.4 Å². The quantitative estimate of drug-likeness (QED) is 0.324. The molecule has 0 aliphatic rings. The van der Waals surface area contributed by atoms with Gasteiger partial charge in [-0.05, 0) is 0 Å². The van der Waals surface area contributed by atoms with Crippen LogP contribution in [0.25, 0.3) is 0 Å². The third kappa shape index (κ3) is 11900. The van der Waals surface area contributed by atoms with Crippen molar-refractivity contribution in [1.29, 1.82) is 0 Å². The molecule has 160 valence electrons. The van der Waals surface area contributed by atoms with Gasteiger partial charge in [0.05, 0.1) is 0 Å². The summed E-state index contributed by atoms with van der Waals surface area (Å²) in [7, 11) is 3.00. The smallest absolute Gasteiger partial charge is 0.857 e. The summed E-state index contributed by atoms with van der Waals surface area (Å²) in [6, 6.07) is 0. The summed E-state index contributed by atoms with van der Waals surface area (Å²) in [4.78, 5) is 0. The molecule has 8 nitrogen and oxygen atoms in total. The fraction of sp³-hybridized carbons (Fsp3) is 1.00. The van der Waals surface area contributed by atoms with Crippen molar-refractivity contribution in [3.8, 4) is 0 Å². The van der Waals surface area contributed by atoms with Crippen LogP contribution in [0.15, 0.2) is 0 Å². The molecular weight excluding hydrogens is 416 g/mol. The van der Waals surface area contributed by atoms with Crippen molar-refractivity contribution in [1.82, 2.24) is 0 Å². The predicted molar refractivity (Wildman–Crippen MR) is 84.2 cm³/mol.